The van der Waals surface area contributed by atoms with E-state index in [1.807, 2.05) is 0 Å². The standard InChI is InChI=1S/C65H55BN4/c1-64(2,3)47-36-38-57(54(41-47)45-22-10-7-11-23-45)69(51-31-20-26-46(40-51)53-33-21-25-44-24-16-17-32-52(44)53)61-39-37-56-63(67-61)70(50-29-14-9-15-30-50)60-43-48(65(4,5)6)42-59-62(60)66(56)55-34-18-19-35-58(55)68(59)49-27-12-8-13-28-49/h7-43H,1-6H3. The second-order valence-corrected chi connectivity index (χ2v) is 20.9. The first-order chi connectivity index (χ1) is 34.0. The molecule has 0 radical (unpaired) electrons. The fourth-order valence-corrected chi connectivity index (χ4v) is 10.8. The number of aromatic nitrogens is 1. The summed E-state index contributed by atoms with van der Waals surface area (Å²) in [6.07, 6.45) is 0. The summed E-state index contributed by atoms with van der Waals surface area (Å²) in [5, 5.41) is 2.45. The van der Waals surface area contributed by atoms with Gasteiger partial charge in [-0.05, 0) is 139 Å². The average Bonchev–Trinajstić information content (AvgIpc) is 3.38. The molecule has 0 saturated carbocycles. The van der Waals surface area contributed by atoms with Crippen molar-refractivity contribution in [3.8, 4) is 22.3 Å². The molecule has 70 heavy (non-hydrogen) atoms. The van der Waals surface area contributed by atoms with E-state index in [2.05, 4.69) is 281 Å². The predicted molar refractivity (Wildman–Crippen MR) is 299 cm³/mol. The van der Waals surface area contributed by atoms with Crippen LogP contribution < -0.4 is 31.1 Å². The first-order valence-electron chi connectivity index (χ1n) is 24.6. The van der Waals surface area contributed by atoms with Gasteiger partial charge in [-0.25, -0.2) is 4.98 Å². The molecule has 5 heteroatoms. The highest BCUT2D eigenvalue weighted by Crippen LogP contribution is 2.48. The fraction of sp³-hybridized carbons (Fsp3) is 0.123. The second-order valence-electron chi connectivity index (χ2n) is 20.9. The Hall–Kier alpha value is -8.15. The quantitative estimate of drug-likeness (QED) is 0.149. The number of nitrogens with zero attached hydrogens (tertiary/aromatic N) is 4. The van der Waals surface area contributed by atoms with Gasteiger partial charge in [0.15, 0.2) is 0 Å². The smallest absolute Gasteiger partial charge is 0.254 e. The third-order valence-corrected chi connectivity index (χ3v) is 14.3. The molecule has 0 aliphatic carbocycles. The Bertz CT molecular complexity index is 3590. The lowest BCUT2D eigenvalue weighted by Gasteiger charge is -2.44. The molecule has 3 heterocycles. The lowest BCUT2D eigenvalue weighted by molar-refractivity contribution is 0.590. The van der Waals surface area contributed by atoms with Gasteiger partial charge in [0.05, 0.1) is 5.69 Å². The Labute approximate surface area is 413 Å². The van der Waals surface area contributed by atoms with Crippen LogP contribution in [-0.2, 0) is 10.8 Å². The van der Waals surface area contributed by atoms with Gasteiger partial charge in [0, 0.05) is 39.7 Å². The second kappa shape index (κ2) is 16.8. The summed E-state index contributed by atoms with van der Waals surface area (Å²) in [5.74, 6) is 1.75. The maximum Gasteiger partial charge on any atom is 0.254 e. The molecule has 12 rings (SSSR count). The predicted octanol–water partition coefficient (Wildman–Crippen LogP) is 15.7. The number of fused-ring (bicyclic) bond motifs is 5. The van der Waals surface area contributed by atoms with Crippen molar-refractivity contribution >= 4 is 85.3 Å². The third-order valence-electron chi connectivity index (χ3n) is 14.3. The van der Waals surface area contributed by atoms with Gasteiger partial charge < -0.3 is 4.90 Å². The van der Waals surface area contributed by atoms with Gasteiger partial charge in [0.2, 0.25) is 0 Å². The zero-order chi connectivity index (χ0) is 47.7. The number of hydrogen-bond acceptors (Lipinski definition) is 4. The van der Waals surface area contributed by atoms with Crippen LogP contribution in [0.4, 0.5) is 51.4 Å². The number of hydrogen-bond donors (Lipinski definition) is 0. The van der Waals surface area contributed by atoms with Crippen LogP contribution in [0.2, 0.25) is 0 Å². The van der Waals surface area contributed by atoms with Crippen molar-refractivity contribution in [2.45, 2.75) is 52.4 Å². The number of para-hydroxylation sites is 3. The van der Waals surface area contributed by atoms with Crippen LogP contribution in [0.15, 0.2) is 224 Å². The molecule has 9 aromatic carbocycles. The molecule has 338 valence electrons. The van der Waals surface area contributed by atoms with E-state index in [-0.39, 0.29) is 17.5 Å². The van der Waals surface area contributed by atoms with Crippen molar-refractivity contribution in [1.29, 1.82) is 0 Å². The lowest BCUT2D eigenvalue weighted by atomic mass is 9.33. The Morgan fingerprint density at radius 3 is 1.76 bits per heavy atom. The summed E-state index contributed by atoms with van der Waals surface area (Å²) < 4.78 is 0. The van der Waals surface area contributed by atoms with Gasteiger partial charge in [0.1, 0.15) is 11.6 Å². The van der Waals surface area contributed by atoms with E-state index in [4.69, 9.17) is 4.98 Å². The molecule has 0 atom stereocenters. The highest BCUT2D eigenvalue weighted by molar-refractivity contribution is 7.00. The molecular formula is C65H55BN4. The topological polar surface area (TPSA) is 22.6 Å². The van der Waals surface area contributed by atoms with E-state index in [9.17, 15) is 0 Å². The summed E-state index contributed by atoms with van der Waals surface area (Å²) in [7, 11) is 0. The van der Waals surface area contributed by atoms with Gasteiger partial charge >= 0.3 is 0 Å². The molecule has 10 aromatic rings. The molecule has 0 fully saturated rings. The first kappa shape index (κ1) is 43.2. The molecule has 2 aliphatic rings. The van der Waals surface area contributed by atoms with Crippen molar-refractivity contribution in [2.24, 2.45) is 0 Å². The Morgan fingerprint density at radius 1 is 0.429 bits per heavy atom. The number of pyridine rings is 1. The van der Waals surface area contributed by atoms with Crippen molar-refractivity contribution in [3.05, 3.63) is 236 Å². The van der Waals surface area contributed by atoms with Crippen LogP contribution in [0.1, 0.15) is 52.7 Å². The summed E-state index contributed by atoms with van der Waals surface area (Å²) in [4.78, 5) is 13.3. The molecule has 1 aromatic heterocycles. The van der Waals surface area contributed by atoms with Gasteiger partial charge in [-0.3, -0.25) is 9.80 Å². The van der Waals surface area contributed by atoms with Crippen molar-refractivity contribution in [1.82, 2.24) is 4.98 Å². The van der Waals surface area contributed by atoms with E-state index in [0.717, 1.165) is 56.8 Å². The van der Waals surface area contributed by atoms with E-state index in [0.29, 0.717) is 0 Å². The van der Waals surface area contributed by atoms with Crippen LogP contribution in [0.3, 0.4) is 0 Å². The molecule has 4 nitrogen and oxygen atoms in total. The SMILES string of the molecule is CC(C)(C)c1ccc(N(c2cccc(-c3cccc4ccccc34)c2)c2ccc3c(n2)N(c2ccccc2)c2cc(C(C)(C)C)cc4c2B3c2ccccc2N4c2ccccc2)c(-c2ccccc2)c1. The van der Waals surface area contributed by atoms with E-state index < -0.39 is 0 Å². The van der Waals surface area contributed by atoms with Gasteiger partial charge in [-0.1, -0.05) is 193 Å². The van der Waals surface area contributed by atoms with E-state index in [1.165, 1.54) is 55.2 Å². The molecule has 2 aliphatic heterocycles. The van der Waals surface area contributed by atoms with E-state index in [1.54, 1.807) is 0 Å². The first-order valence-corrected chi connectivity index (χ1v) is 24.6. The van der Waals surface area contributed by atoms with Gasteiger partial charge in [-0.15, -0.1) is 0 Å². The fourth-order valence-electron chi connectivity index (χ4n) is 10.8. The maximum absolute atomic E-state index is 6.01. The Kier molecular flexibility index (Phi) is 10.4. The van der Waals surface area contributed by atoms with Crippen LogP contribution >= 0.6 is 0 Å². The highest BCUT2D eigenvalue weighted by atomic mass is 15.3. The molecular weight excluding hydrogens is 848 g/mol. The van der Waals surface area contributed by atoms with Crippen molar-refractivity contribution in [2.75, 3.05) is 14.7 Å². The molecule has 0 spiro atoms. The number of benzene rings is 9. The Balaban J connectivity index is 1.15. The zero-order valence-electron chi connectivity index (χ0n) is 40.7. The van der Waals surface area contributed by atoms with Crippen LogP contribution in [-0.4, -0.2) is 11.7 Å². The van der Waals surface area contributed by atoms with Gasteiger partial charge in [-0.2, -0.15) is 0 Å². The molecule has 0 bridgehead atoms. The maximum atomic E-state index is 6.01. The van der Waals surface area contributed by atoms with Crippen molar-refractivity contribution in [3.63, 3.8) is 0 Å². The Morgan fingerprint density at radius 2 is 1.03 bits per heavy atom. The average molecular weight is 903 g/mol. The minimum absolute atomic E-state index is 0.0635. The minimum Gasteiger partial charge on any atom is -0.311 e. The molecule has 0 unspecified atom stereocenters. The molecule has 0 amide bonds. The normalized spacial score (nSPS) is 12.9. The molecule has 0 N–H and O–H groups in total. The summed E-state index contributed by atoms with van der Waals surface area (Å²) in [6, 6.07) is 82.4. The van der Waals surface area contributed by atoms with Crippen LogP contribution in [0.25, 0.3) is 33.0 Å². The van der Waals surface area contributed by atoms with Gasteiger partial charge in [0.25, 0.3) is 6.71 Å². The summed E-state index contributed by atoms with van der Waals surface area (Å²) in [6.45, 7) is 13.8. The van der Waals surface area contributed by atoms with Crippen molar-refractivity contribution < 1.29 is 0 Å². The zero-order valence-corrected chi connectivity index (χ0v) is 40.7. The number of rotatable bonds is 7. The summed E-state index contributed by atoms with van der Waals surface area (Å²) in [5.41, 5.74) is 18.5. The largest absolute Gasteiger partial charge is 0.311 e. The summed E-state index contributed by atoms with van der Waals surface area (Å²) >= 11 is 0. The molecule has 0 saturated heterocycles. The lowest BCUT2D eigenvalue weighted by Crippen LogP contribution is -2.61. The van der Waals surface area contributed by atoms with Crippen LogP contribution in [0, 0.1) is 0 Å². The minimum atomic E-state index is -0.142. The van der Waals surface area contributed by atoms with E-state index >= 15 is 0 Å². The van der Waals surface area contributed by atoms with Crippen LogP contribution in [0.5, 0.6) is 0 Å². The number of anilines is 9. The third kappa shape index (κ3) is 7.36. The monoisotopic (exact) mass is 902 g/mol. The highest BCUT2D eigenvalue weighted by Gasteiger charge is 2.45.